The summed E-state index contributed by atoms with van der Waals surface area (Å²) in [5.41, 5.74) is 19.4. The lowest BCUT2D eigenvalue weighted by Crippen LogP contribution is -2.25. The summed E-state index contributed by atoms with van der Waals surface area (Å²) in [6.45, 7) is 13.7. The third-order valence-corrected chi connectivity index (χ3v) is 14.1. The maximum Gasteiger partial charge on any atom is 0.162 e. The van der Waals surface area contributed by atoms with E-state index < -0.39 is 5.41 Å². The Morgan fingerprint density at radius 2 is 0.896 bits per heavy atom. The average molecular weight is 865 g/mol. The van der Waals surface area contributed by atoms with Gasteiger partial charge in [0.15, 0.2) is 5.82 Å². The van der Waals surface area contributed by atoms with E-state index in [9.17, 15) is 0 Å². The smallest absolute Gasteiger partial charge is 0.162 e. The van der Waals surface area contributed by atoms with Crippen LogP contribution in [0.25, 0.3) is 61.8 Å². The molecular formula is C63H52N4. The fourth-order valence-electron chi connectivity index (χ4n) is 10.9. The molecule has 0 N–H and O–H groups in total. The first-order valence-corrected chi connectivity index (χ1v) is 23.5. The predicted octanol–water partition coefficient (Wildman–Crippen LogP) is 16.2. The van der Waals surface area contributed by atoms with E-state index in [4.69, 9.17) is 9.97 Å². The molecule has 67 heavy (non-hydrogen) atoms. The summed E-state index contributed by atoms with van der Waals surface area (Å²) >= 11 is 0. The van der Waals surface area contributed by atoms with Gasteiger partial charge in [0, 0.05) is 50.8 Å². The zero-order valence-corrected chi connectivity index (χ0v) is 38.9. The number of nitrogens with zero attached hydrogens (tertiary/aromatic N) is 4. The number of rotatable bonds is 6. The Bertz CT molecular complexity index is 3350. The van der Waals surface area contributed by atoms with Gasteiger partial charge in [-0.3, -0.25) is 4.57 Å². The van der Waals surface area contributed by atoms with Gasteiger partial charge in [0.25, 0.3) is 0 Å². The highest BCUT2D eigenvalue weighted by Gasteiger charge is 2.54. The van der Waals surface area contributed by atoms with Gasteiger partial charge in [-0.25, -0.2) is 9.97 Å². The van der Waals surface area contributed by atoms with Crippen molar-refractivity contribution in [3.63, 3.8) is 0 Å². The molecule has 0 bridgehead atoms. The van der Waals surface area contributed by atoms with Crippen molar-refractivity contribution >= 4 is 28.0 Å². The van der Waals surface area contributed by atoms with E-state index in [0.29, 0.717) is 5.82 Å². The van der Waals surface area contributed by atoms with Crippen molar-refractivity contribution in [1.29, 1.82) is 0 Å². The second kappa shape index (κ2) is 15.1. The van der Waals surface area contributed by atoms with Crippen molar-refractivity contribution in [2.24, 2.45) is 0 Å². The van der Waals surface area contributed by atoms with Crippen molar-refractivity contribution < 1.29 is 0 Å². The van der Waals surface area contributed by atoms with Crippen LogP contribution in [-0.2, 0) is 16.2 Å². The highest BCUT2D eigenvalue weighted by molar-refractivity contribution is 6.06. The Morgan fingerprint density at radius 1 is 0.433 bits per heavy atom. The first kappa shape index (κ1) is 40.7. The molecule has 4 heteroatoms. The maximum absolute atomic E-state index is 5.53. The number of aromatic nitrogens is 3. The van der Waals surface area contributed by atoms with Crippen molar-refractivity contribution in [3.8, 4) is 50.8 Å². The molecule has 0 saturated heterocycles. The molecule has 2 aliphatic carbocycles. The average Bonchev–Trinajstić information content (AvgIpc) is 3.96. The van der Waals surface area contributed by atoms with Crippen LogP contribution in [0.5, 0.6) is 0 Å². The Kier molecular flexibility index (Phi) is 9.18. The van der Waals surface area contributed by atoms with Crippen LogP contribution >= 0.6 is 0 Å². The number of benzene rings is 8. The number of anilines is 3. The van der Waals surface area contributed by atoms with Gasteiger partial charge in [0.05, 0.1) is 22.3 Å². The van der Waals surface area contributed by atoms with Crippen molar-refractivity contribution in [1.82, 2.24) is 14.5 Å². The quantitative estimate of drug-likeness (QED) is 0.167. The van der Waals surface area contributed by atoms with Crippen LogP contribution in [0.4, 0.5) is 17.1 Å². The molecular weight excluding hydrogens is 813 g/mol. The monoisotopic (exact) mass is 864 g/mol. The summed E-state index contributed by atoms with van der Waals surface area (Å²) in [4.78, 5) is 13.2. The van der Waals surface area contributed by atoms with Crippen molar-refractivity contribution in [3.05, 3.63) is 240 Å². The SMILES string of the molecule is CC(C)(C)c1ccc(N(c2ccc(C(C)(C)C)cc2)c2ccc3c(c2)c2c(n3-c3cc(-c4ccccc4)nc(-c4ccccc4)n3)-c3ccccc3C23c2ccccc2-c2ccccc23)cc1. The Labute approximate surface area is 393 Å². The minimum Gasteiger partial charge on any atom is -0.310 e. The highest BCUT2D eigenvalue weighted by atomic mass is 15.1. The predicted molar refractivity (Wildman–Crippen MR) is 278 cm³/mol. The molecule has 0 aliphatic heterocycles. The summed E-state index contributed by atoms with van der Waals surface area (Å²) in [5, 5.41) is 1.18. The van der Waals surface area contributed by atoms with E-state index in [1.165, 1.54) is 55.5 Å². The van der Waals surface area contributed by atoms with Crippen LogP contribution in [0.2, 0.25) is 0 Å². The van der Waals surface area contributed by atoms with Gasteiger partial charge >= 0.3 is 0 Å². The third kappa shape index (κ3) is 6.34. The van der Waals surface area contributed by atoms with Gasteiger partial charge in [0.2, 0.25) is 0 Å². The second-order valence-corrected chi connectivity index (χ2v) is 20.2. The lowest BCUT2D eigenvalue weighted by atomic mass is 9.70. The minimum absolute atomic E-state index is 0.0268. The summed E-state index contributed by atoms with van der Waals surface area (Å²) in [7, 11) is 0. The third-order valence-electron chi connectivity index (χ3n) is 14.1. The van der Waals surface area contributed by atoms with Crippen LogP contribution in [-0.4, -0.2) is 14.5 Å². The summed E-state index contributed by atoms with van der Waals surface area (Å²) in [6.07, 6.45) is 0. The molecule has 12 rings (SSSR count). The van der Waals surface area contributed by atoms with Crippen molar-refractivity contribution in [2.45, 2.75) is 57.8 Å². The standard InChI is InChI=1S/C63H52N4/c1-61(2,3)43-29-33-45(34-30-43)66(46-35-31-44(32-36-46)62(4,5)6)47-37-38-56-51(39-47)58-59(67(56)57-40-55(41-19-9-7-10-20-41)64-60(65-57)42-21-11-8-12-22-42)50-25-15-18-28-54(50)63(58)52-26-16-13-23-48(52)49-24-14-17-27-53(49)63/h7-40H,1-6H3. The fourth-order valence-corrected chi connectivity index (χ4v) is 10.9. The summed E-state index contributed by atoms with van der Waals surface area (Å²) < 4.78 is 2.44. The van der Waals surface area contributed by atoms with E-state index in [0.717, 1.165) is 50.9 Å². The molecule has 0 unspecified atom stereocenters. The number of hydrogen-bond acceptors (Lipinski definition) is 3. The van der Waals surface area contributed by atoms with E-state index >= 15 is 0 Å². The van der Waals surface area contributed by atoms with Crippen LogP contribution in [0.15, 0.2) is 206 Å². The number of hydrogen-bond donors (Lipinski definition) is 0. The highest BCUT2D eigenvalue weighted by Crippen LogP contribution is 2.65. The molecule has 0 atom stereocenters. The molecule has 324 valence electrons. The van der Waals surface area contributed by atoms with E-state index in [-0.39, 0.29) is 10.8 Å². The Morgan fingerprint density at radius 3 is 1.43 bits per heavy atom. The molecule has 2 aliphatic rings. The molecule has 1 spiro atoms. The molecule has 2 aromatic heterocycles. The first-order chi connectivity index (χ1) is 32.5. The molecule has 8 aromatic carbocycles. The lowest BCUT2D eigenvalue weighted by Gasteiger charge is -2.31. The molecule has 0 saturated carbocycles. The maximum atomic E-state index is 5.53. The zero-order valence-electron chi connectivity index (χ0n) is 38.9. The van der Waals surface area contributed by atoms with Crippen LogP contribution in [0, 0.1) is 0 Å². The summed E-state index contributed by atoms with van der Waals surface area (Å²) in [5.74, 6) is 1.51. The Balaban J connectivity index is 1.20. The largest absolute Gasteiger partial charge is 0.310 e. The topological polar surface area (TPSA) is 34.0 Å². The molecule has 0 fully saturated rings. The van der Waals surface area contributed by atoms with E-state index in [2.05, 4.69) is 251 Å². The zero-order chi connectivity index (χ0) is 45.7. The van der Waals surface area contributed by atoms with Crippen LogP contribution in [0.1, 0.15) is 74.9 Å². The normalized spacial score (nSPS) is 13.3. The fraction of sp³-hybridized carbons (Fsp3) is 0.143. The molecule has 2 heterocycles. The lowest BCUT2D eigenvalue weighted by molar-refractivity contribution is 0.590. The molecule has 0 amide bonds. The van der Waals surface area contributed by atoms with Crippen LogP contribution in [0.3, 0.4) is 0 Å². The van der Waals surface area contributed by atoms with Crippen LogP contribution < -0.4 is 4.90 Å². The van der Waals surface area contributed by atoms with Crippen molar-refractivity contribution in [2.75, 3.05) is 4.90 Å². The van der Waals surface area contributed by atoms with Gasteiger partial charge in [0.1, 0.15) is 5.82 Å². The first-order valence-electron chi connectivity index (χ1n) is 23.5. The van der Waals surface area contributed by atoms with Gasteiger partial charge in [-0.2, -0.15) is 0 Å². The Hall–Kier alpha value is -7.82. The van der Waals surface area contributed by atoms with Gasteiger partial charge in [-0.05, 0) is 92.2 Å². The minimum atomic E-state index is -0.591. The number of fused-ring (bicyclic) bond motifs is 12. The molecule has 10 aromatic rings. The molecule has 0 radical (unpaired) electrons. The molecule has 4 nitrogen and oxygen atoms in total. The second-order valence-electron chi connectivity index (χ2n) is 20.2. The van der Waals surface area contributed by atoms with E-state index in [1.54, 1.807) is 0 Å². The van der Waals surface area contributed by atoms with Gasteiger partial charge < -0.3 is 4.90 Å². The summed E-state index contributed by atoms with van der Waals surface area (Å²) in [6, 6.07) is 75.7. The van der Waals surface area contributed by atoms with E-state index in [1.807, 2.05) is 6.07 Å². The van der Waals surface area contributed by atoms with Gasteiger partial charge in [-0.15, -0.1) is 0 Å². The van der Waals surface area contributed by atoms with Gasteiger partial charge in [-0.1, -0.05) is 199 Å².